The summed E-state index contributed by atoms with van der Waals surface area (Å²) in [4.78, 5) is 21.9. The second kappa shape index (κ2) is 4.97. The number of ether oxygens (including phenoxy) is 2. The minimum absolute atomic E-state index is 0.0843. The van der Waals surface area contributed by atoms with Gasteiger partial charge in [0.15, 0.2) is 5.78 Å². The van der Waals surface area contributed by atoms with Gasteiger partial charge in [-0.2, -0.15) is 0 Å². The molecular weight excluding hydrogens is 172 g/mol. The van der Waals surface area contributed by atoms with E-state index in [1.807, 2.05) is 0 Å². The summed E-state index contributed by atoms with van der Waals surface area (Å²) in [6.07, 6.45) is 0.548. The zero-order valence-electron chi connectivity index (χ0n) is 8.55. The number of Topliss-reactive ketones (excluding diaryl/α,β-unsaturated/α-hetero) is 1. The summed E-state index contributed by atoms with van der Waals surface area (Å²) in [6, 6.07) is 0. The zero-order chi connectivity index (χ0) is 10.5. The third-order valence-electron chi connectivity index (χ3n) is 2.23. The molecule has 0 N–H and O–H groups in total. The van der Waals surface area contributed by atoms with Crippen molar-refractivity contribution in [2.75, 3.05) is 14.2 Å². The first-order valence-electron chi connectivity index (χ1n) is 4.09. The fourth-order valence-corrected chi connectivity index (χ4v) is 0.864. The molecule has 0 aliphatic rings. The van der Waals surface area contributed by atoms with Crippen molar-refractivity contribution in [2.45, 2.75) is 32.3 Å². The Morgan fingerprint density at radius 3 is 2.15 bits per heavy atom. The van der Waals surface area contributed by atoms with Gasteiger partial charge in [0.1, 0.15) is 5.60 Å². The lowest BCUT2D eigenvalue weighted by Gasteiger charge is -2.24. The number of hydrogen-bond acceptors (Lipinski definition) is 4. The van der Waals surface area contributed by atoms with E-state index in [2.05, 4.69) is 4.74 Å². The largest absolute Gasteiger partial charge is 0.469 e. The number of ketones is 1. The maximum absolute atomic E-state index is 11.1. The molecule has 76 valence electrons. The molecule has 0 bridgehead atoms. The zero-order valence-corrected chi connectivity index (χ0v) is 8.55. The van der Waals surface area contributed by atoms with E-state index >= 15 is 0 Å². The van der Waals surface area contributed by atoms with E-state index in [0.717, 1.165) is 0 Å². The Morgan fingerprint density at radius 2 is 1.85 bits per heavy atom. The van der Waals surface area contributed by atoms with Gasteiger partial charge in [-0.25, -0.2) is 0 Å². The standard InChI is InChI=1S/C9H16O4/c1-7(10)9(2,13-4)6-5-8(11)12-3/h5-6H2,1-4H3. The van der Waals surface area contributed by atoms with Gasteiger partial charge in [-0.05, 0) is 20.3 Å². The molecule has 1 unspecified atom stereocenters. The Hall–Kier alpha value is -0.900. The van der Waals surface area contributed by atoms with Crippen molar-refractivity contribution in [1.82, 2.24) is 0 Å². The van der Waals surface area contributed by atoms with Gasteiger partial charge in [0, 0.05) is 13.5 Å². The lowest BCUT2D eigenvalue weighted by Crippen LogP contribution is -2.36. The minimum atomic E-state index is -0.867. The molecular formula is C9H16O4. The quantitative estimate of drug-likeness (QED) is 0.602. The summed E-state index contributed by atoms with van der Waals surface area (Å²) in [7, 11) is 2.78. The van der Waals surface area contributed by atoms with E-state index < -0.39 is 5.60 Å². The Balaban J connectivity index is 4.13. The third-order valence-corrected chi connectivity index (χ3v) is 2.23. The molecule has 0 spiro atoms. The molecule has 0 aliphatic carbocycles. The van der Waals surface area contributed by atoms with Gasteiger partial charge in [-0.3, -0.25) is 9.59 Å². The lowest BCUT2D eigenvalue weighted by atomic mass is 9.96. The van der Waals surface area contributed by atoms with Crippen LogP contribution in [0.25, 0.3) is 0 Å². The molecule has 0 aromatic rings. The Bertz CT molecular complexity index is 200. The van der Waals surface area contributed by atoms with Crippen LogP contribution in [-0.2, 0) is 19.1 Å². The van der Waals surface area contributed by atoms with E-state index in [4.69, 9.17) is 4.74 Å². The van der Waals surface area contributed by atoms with Gasteiger partial charge in [0.25, 0.3) is 0 Å². The van der Waals surface area contributed by atoms with E-state index in [0.29, 0.717) is 6.42 Å². The van der Waals surface area contributed by atoms with Crippen molar-refractivity contribution in [3.8, 4) is 0 Å². The summed E-state index contributed by atoms with van der Waals surface area (Å²) in [5, 5.41) is 0. The highest BCUT2D eigenvalue weighted by Gasteiger charge is 2.29. The minimum Gasteiger partial charge on any atom is -0.469 e. The van der Waals surface area contributed by atoms with E-state index in [1.165, 1.54) is 21.1 Å². The first-order chi connectivity index (χ1) is 5.96. The van der Waals surface area contributed by atoms with Crippen molar-refractivity contribution < 1.29 is 19.1 Å². The molecule has 0 saturated carbocycles. The summed E-state index contributed by atoms with van der Waals surface area (Å²) in [5.41, 5.74) is -0.867. The molecule has 0 heterocycles. The molecule has 0 aromatic carbocycles. The molecule has 0 rings (SSSR count). The molecule has 0 radical (unpaired) electrons. The normalized spacial score (nSPS) is 14.8. The number of methoxy groups -OCH3 is 2. The molecule has 0 aliphatic heterocycles. The van der Waals surface area contributed by atoms with Crippen LogP contribution in [0.5, 0.6) is 0 Å². The lowest BCUT2D eigenvalue weighted by molar-refractivity contribution is -0.145. The maximum Gasteiger partial charge on any atom is 0.305 e. The van der Waals surface area contributed by atoms with Crippen LogP contribution >= 0.6 is 0 Å². The average molecular weight is 188 g/mol. The van der Waals surface area contributed by atoms with Gasteiger partial charge in [0.05, 0.1) is 7.11 Å². The van der Waals surface area contributed by atoms with Gasteiger partial charge >= 0.3 is 5.97 Å². The predicted octanol–water partition coefficient (Wildman–Crippen LogP) is 0.934. The fraction of sp³-hybridized carbons (Fsp3) is 0.778. The number of hydrogen-bond donors (Lipinski definition) is 0. The van der Waals surface area contributed by atoms with Crippen molar-refractivity contribution >= 4 is 11.8 Å². The molecule has 0 fully saturated rings. The van der Waals surface area contributed by atoms with Crippen LogP contribution in [0.3, 0.4) is 0 Å². The summed E-state index contributed by atoms with van der Waals surface area (Å²) in [5.74, 6) is -0.413. The second-order valence-corrected chi connectivity index (χ2v) is 3.07. The van der Waals surface area contributed by atoms with Crippen molar-refractivity contribution in [1.29, 1.82) is 0 Å². The molecule has 4 nitrogen and oxygen atoms in total. The number of carbonyl (C=O) groups excluding carboxylic acids is 2. The van der Waals surface area contributed by atoms with Crippen molar-refractivity contribution in [3.05, 3.63) is 0 Å². The number of rotatable bonds is 5. The first kappa shape index (κ1) is 12.1. The predicted molar refractivity (Wildman–Crippen MR) is 47.3 cm³/mol. The monoisotopic (exact) mass is 188 g/mol. The van der Waals surface area contributed by atoms with Gasteiger partial charge in [-0.1, -0.05) is 0 Å². The van der Waals surface area contributed by atoms with Crippen LogP contribution in [0, 0.1) is 0 Å². The Morgan fingerprint density at radius 1 is 1.31 bits per heavy atom. The SMILES string of the molecule is COC(=O)CCC(C)(OC)C(C)=O. The van der Waals surface area contributed by atoms with Crippen LogP contribution in [0.4, 0.5) is 0 Å². The van der Waals surface area contributed by atoms with Crippen LogP contribution in [0.1, 0.15) is 26.7 Å². The maximum atomic E-state index is 11.1. The average Bonchev–Trinajstić information content (AvgIpc) is 2.13. The van der Waals surface area contributed by atoms with E-state index in [9.17, 15) is 9.59 Å². The van der Waals surface area contributed by atoms with Gasteiger partial charge in [-0.15, -0.1) is 0 Å². The second-order valence-electron chi connectivity index (χ2n) is 3.07. The van der Waals surface area contributed by atoms with Crippen LogP contribution in [0.15, 0.2) is 0 Å². The summed E-state index contributed by atoms with van der Waals surface area (Å²) in [6.45, 7) is 3.11. The van der Waals surface area contributed by atoms with Crippen LogP contribution in [-0.4, -0.2) is 31.6 Å². The topological polar surface area (TPSA) is 52.6 Å². The van der Waals surface area contributed by atoms with E-state index in [1.54, 1.807) is 6.92 Å². The van der Waals surface area contributed by atoms with Crippen LogP contribution < -0.4 is 0 Å². The van der Waals surface area contributed by atoms with E-state index in [-0.39, 0.29) is 18.2 Å². The smallest absolute Gasteiger partial charge is 0.305 e. The Labute approximate surface area is 78.2 Å². The van der Waals surface area contributed by atoms with Crippen LogP contribution in [0.2, 0.25) is 0 Å². The molecule has 4 heteroatoms. The first-order valence-corrected chi connectivity index (χ1v) is 4.09. The molecule has 1 atom stereocenters. The molecule has 0 saturated heterocycles. The number of carbonyl (C=O) groups is 2. The third kappa shape index (κ3) is 3.55. The van der Waals surface area contributed by atoms with Crippen molar-refractivity contribution in [3.63, 3.8) is 0 Å². The Kier molecular flexibility index (Phi) is 4.62. The molecule has 0 aromatic heterocycles. The highest BCUT2D eigenvalue weighted by Crippen LogP contribution is 2.17. The highest BCUT2D eigenvalue weighted by atomic mass is 16.5. The highest BCUT2D eigenvalue weighted by molar-refractivity contribution is 5.85. The van der Waals surface area contributed by atoms with Gasteiger partial charge < -0.3 is 9.47 Å². The van der Waals surface area contributed by atoms with Crippen molar-refractivity contribution in [2.24, 2.45) is 0 Å². The molecule has 0 amide bonds. The van der Waals surface area contributed by atoms with Gasteiger partial charge in [0.2, 0.25) is 0 Å². The summed E-state index contributed by atoms with van der Waals surface area (Å²) < 4.78 is 9.50. The number of esters is 1. The fourth-order valence-electron chi connectivity index (χ4n) is 0.864. The molecule has 13 heavy (non-hydrogen) atoms. The summed E-state index contributed by atoms with van der Waals surface area (Å²) >= 11 is 0.